The van der Waals surface area contributed by atoms with Crippen LogP contribution in [0.25, 0.3) is 0 Å². The van der Waals surface area contributed by atoms with E-state index in [4.69, 9.17) is 9.47 Å². The zero-order valence-electron chi connectivity index (χ0n) is 16.7. The summed E-state index contributed by atoms with van der Waals surface area (Å²) in [7, 11) is 1.67. The predicted molar refractivity (Wildman–Crippen MR) is 99.8 cm³/mol. The molecule has 2 fully saturated rings. The van der Waals surface area contributed by atoms with Gasteiger partial charge < -0.3 is 9.47 Å². The van der Waals surface area contributed by atoms with Gasteiger partial charge in [0.05, 0.1) is 0 Å². The monoisotopic (exact) mass is 346 g/mol. The van der Waals surface area contributed by atoms with Crippen LogP contribution in [0.3, 0.4) is 0 Å². The molecule has 2 saturated carbocycles. The van der Waals surface area contributed by atoms with E-state index < -0.39 is 5.79 Å². The van der Waals surface area contributed by atoms with Gasteiger partial charge in [-0.2, -0.15) is 0 Å². The van der Waals surface area contributed by atoms with Crippen LogP contribution in [-0.4, -0.2) is 18.9 Å². The Balaban J connectivity index is 1.81. The maximum atomic E-state index is 11.9. The van der Waals surface area contributed by atoms with Crippen LogP contribution >= 0.6 is 0 Å². The predicted octanol–water partition coefficient (Wildman–Crippen LogP) is 5.12. The Morgan fingerprint density at radius 2 is 1.92 bits per heavy atom. The number of rotatable bonds is 5. The number of fused-ring (bicyclic) bond motifs is 3. The Labute approximate surface area is 152 Å². The second kappa shape index (κ2) is 6.57. The van der Waals surface area contributed by atoms with Gasteiger partial charge in [0.1, 0.15) is 0 Å². The highest BCUT2D eigenvalue weighted by Crippen LogP contribution is 2.63. The Bertz CT molecular complexity index is 590. The molecule has 3 aliphatic rings. The van der Waals surface area contributed by atoms with Gasteiger partial charge in [-0.15, -0.1) is 0 Å². The number of carbonyl (C=O) groups is 1. The van der Waals surface area contributed by atoms with E-state index in [1.807, 2.05) is 0 Å². The first-order valence-corrected chi connectivity index (χ1v) is 9.92. The molecule has 0 bridgehead atoms. The van der Waals surface area contributed by atoms with E-state index >= 15 is 0 Å². The van der Waals surface area contributed by atoms with Crippen LogP contribution in [0.5, 0.6) is 0 Å². The highest BCUT2D eigenvalue weighted by Gasteiger charge is 2.60. The lowest BCUT2D eigenvalue weighted by Gasteiger charge is -2.48. The van der Waals surface area contributed by atoms with Gasteiger partial charge in [-0.3, -0.25) is 0 Å². The average Bonchev–Trinajstić information content (AvgIpc) is 3.08. The summed E-state index contributed by atoms with van der Waals surface area (Å²) in [6.07, 6.45) is 10.7. The normalized spacial score (nSPS) is 40.0. The van der Waals surface area contributed by atoms with Gasteiger partial charge in [0.25, 0.3) is 0 Å². The fourth-order valence-corrected chi connectivity index (χ4v) is 5.45. The van der Waals surface area contributed by atoms with E-state index in [9.17, 15) is 4.79 Å². The first kappa shape index (κ1) is 18.7. The van der Waals surface area contributed by atoms with E-state index in [1.165, 1.54) is 6.42 Å². The molecule has 25 heavy (non-hydrogen) atoms. The first-order chi connectivity index (χ1) is 11.7. The van der Waals surface area contributed by atoms with E-state index in [2.05, 4.69) is 46.8 Å². The summed E-state index contributed by atoms with van der Waals surface area (Å²) in [4.78, 5) is 11.9. The van der Waals surface area contributed by atoms with Crippen molar-refractivity contribution in [3.8, 4) is 0 Å². The SMILES string of the molecule is CO[C@]12CC[C@]3(C)[C@@H]([C@H](C)/C=C/[C@@H](C)C(C)C)CC[C@H]3C1=CC(=O)O2. The number of ether oxygens (including phenoxy) is 2. The van der Waals surface area contributed by atoms with Crippen LogP contribution in [0.1, 0.15) is 60.3 Å². The molecule has 0 radical (unpaired) electrons. The zero-order valence-corrected chi connectivity index (χ0v) is 16.7. The average molecular weight is 347 g/mol. The van der Waals surface area contributed by atoms with Crippen molar-refractivity contribution in [2.45, 2.75) is 66.1 Å². The zero-order chi connectivity index (χ0) is 18.4. The Morgan fingerprint density at radius 1 is 1.20 bits per heavy atom. The van der Waals surface area contributed by atoms with E-state index in [0.717, 1.165) is 24.8 Å². The molecule has 1 heterocycles. The Morgan fingerprint density at radius 3 is 2.56 bits per heavy atom. The maximum absolute atomic E-state index is 11.9. The fourth-order valence-electron chi connectivity index (χ4n) is 5.45. The summed E-state index contributed by atoms with van der Waals surface area (Å²) in [5.41, 5.74) is 1.33. The summed E-state index contributed by atoms with van der Waals surface area (Å²) in [5.74, 6) is 1.90. The molecule has 3 rings (SSSR count). The van der Waals surface area contributed by atoms with Crippen molar-refractivity contribution in [2.24, 2.45) is 35.0 Å². The number of esters is 1. The van der Waals surface area contributed by atoms with Crippen molar-refractivity contribution in [2.75, 3.05) is 7.11 Å². The number of allylic oxidation sites excluding steroid dienone is 2. The third-order valence-corrected chi connectivity index (χ3v) is 7.49. The standard InChI is InChI=1S/C22H34O3/c1-14(2)15(3)7-8-16(4)17-9-10-18-19-13-20(23)25-22(19,24-6)12-11-21(17,18)5/h7-8,13-18H,9-12H2,1-6H3/b8-7+/t15-,16-,17-,18+,21-,22+/m1/s1. The lowest BCUT2D eigenvalue weighted by Crippen LogP contribution is -2.47. The topological polar surface area (TPSA) is 35.5 Å². The molecule has 0 spiro atoms. The van der Waals surface area contributed by atoms with Gasteiger partial charge >= 0.3 is 5.97 Å². The second-order valence-corrected chi connectivity index (χ2v) is 9.07. The Hall–Kier alpha value is -1.09. The summed E-state index contributed by atoms with van der Waals surface area (Å²) < 4.78 is 11.3. The van der Waals surface area contributed by atoms with Crippen molar-refractivity contribution in [3.63, 3.8) is 0 Å². The molecule has 0 unspecified atom stereocenters. The molecule has 2 aliphatic carbocycles. The van der Waals surface area contributed by atoms with Crippen LogP contribution in [0.15, 0.2) is 23.8 Å². The van der Waals surface area contributed by atoms with Gasteiger partial charge in [-0.1, -0.05) is 46.8 Å². The molecule has 1 aliphatic heterocycles. The summed E-state index contributed by atoms with van der Waals surface area (Å²) in [6, 6.07) is 0. The summed E-state index contributed by atoms with van der Waals surface area (Å²) >= 11 is 0. The fraction of sp³-hybridized carbons (Fsp3) is 0.773. The van der Waals surface area contributed by atoms with Gasteiger partial charge in [-0.05, 0) is 54.3 Å². The van der Waals surface area contributed by atoms with Gasteiger partial charge in [-0.25, -0.2) is 4.79 Å². The minimum Gasteiger partial charge on any atom is -0.426 e. The highest BCUT2D eigenvalue weighted by molar-refractivity contribution is 5.86. The number of hydrogen-bond acceptors (Lipinski definition) is 3. The number of carbonyl (C=O) groups excluding carboxylic acids is 1. The molecule has 140 valence electrons. The molecular formula is C22H34O3. The van der Waals surface area contributed by atoms with E-state index in [0.29, 0.717) is 29.6 Å². The van der Waals surface area contributed by atoms with Crippen molar-refractivity contribution in [1.82, 2.24) is 0 Å². The van der Waals surface area contributed by atoms with Crippen LogP contribution in [0.4, 0.5) is 0 Å². The number of methoxy groups -OCH3 is 1. The summed E-state index contributed by atoms with van der Waals surface area (Å²) in [6.45, 7) is 11.6. The third kappa shape index (κ3) is 2.99. The smallest absolute Gasteiger partial charge is 0.333 e. The van der Waals surface area contributed by atoms with Crippen LogP contribution in [-0.2, 0) is 14.3 Å². The van der Waals surface area contributed by atoms with Crippen molar-refractivity contribution in [1.29, 1.82) is 0 Å². The molecule has 0 saturated heterocycles. The second-order valence-electron chi connectivity index (χ2n) is 9.07. The third-order valence-electron chi connectivity index (χ3n) is 7.49. The van der Waals surface area contributed by atoms with Crippen LogP contribution in [0.2, 0.25) is 0 Å². The van der Waals surface area contributed by atoms with Crippen molar-refractivity contribution in [3.05, 3.63) is 23.8 Å². The minimum absolute atomic E-state index is 0.229. The lowest BCUT2D eigenvalue weighted by molar-refractivity contribution is -0.208. The maximum Gasteiger partial charge on any atom is 0.333 e. The molecule has 0 aromatic rings. The molecule has 3 nitrogen and oxygen atoms in total. The van der Waals surface area contributed by atoms with Crippen molar-refractivity contribution < 1.29 is 14.3 Å². The van der Waals surface area contributed by atoms with E-state index in [1.54, 1.807) is 13.2 Å². The molecule has 6 atom stereocenters. The van der Waals surface area contributed by atoms with Gasteiger partial charge in [0, 0.05) is 25.2 Å². The highest BCUT2D eigenvalue weighted by atomic mass is 16.7. The molecular weight excluding hydrogens is 312 g/mol. The quantitative estimate of drug-likeness (QED) is 0.512. The number of hydrogen-bond donors (Lipinski definition) is 0. The molecule has 0 amide bonds. The lowest BCUT2D eigenvalue weighted by atomic mass is 9.60. The van der Waals surface area contributed by atoms with Crippen LogP contribution in [0, 0.1) is 35.0 Å². The first-order valence-electron chi connectivity index (χ1n) is 9.92. The van der Waals surface area contributed by atoms with E-state index in [-0.39, 0.29) is 11.4 Å². The molecule has 0 aromatic heterocycles. The Kier molecular flexibility index (Phi) is 4.91. The largest absolute Gasteiger partial charge is 0.426 e. The minimum atomic E-state index is -0.776. The van der Waals surface area contributed by atoms with Gasteiger partial charge in [0.2, 0.25) is 5.79 Å². The van der Waals surface area contributed by atoms with Gasteiger partial charge in [0.15, 0.2) is 0 Å². The van der Waals surface area contributed by atoms with Crippen LogP contribution < -0.4 is 0 Å². The molecule has 0 aromatic carbocycles. The van der Waals surface area contributed by atoms with Crippen molar-refractivity contribution >= 4 is 5.97 Å². The summed E-state index contributed by atoms with van der Waals surface area (Å²) in [5, 5.41) is 0. The molecule has 0 N–H and O–H groups in total. The molecule has 3 heteroatoms.